The third-order valence-electron chi connectivity index (χ3n) is 5.53. The molecule has 1 aromatic heterocycles. The highest BCUT2D eigenvalue weighted by Crippen LogP contribution is 2.34. The van der Waals surface area contributed by atoms with Crippen molar-refractivity contribution < 1.29 is 9.18 Å². The number of benzene rings is 2. The van der Waals surface area contributed by atoms with E-state index in [4.69, 9.17) is 4.98 Å². The van der Waals surface area contributed by atoms with Gasteiger partial charge in [0.25, 0.3) is 5.91 Å². The predicted octanol–water partition coefficient (Wildman–Crippen LogP) is 3.26. The van der Waals surface area contributed by atoms with Gasteiger partial charge in [0.2, 0.25) is 0 Å². The van der Waals surface area contributed by atoms with E-state index in [0.717, 1.165) is 59.9 Å². The minimum Gasteiger partial charge on any atom is -0.346 e. The van der Waals surface area contributed by atoms with Crippen LogP contribution in [0.1, 0.15) is 33.9 Å². The molecule has 0 saturated carbocycles. The lowest BCUT2D eigenvalue weighted by molar-refractivity contribution is 0.0936. The van der Waals surface area contributed by atoms with Crippen LogP contribution in [0.25, 0.3) is 10.2 Å². The fraction of sp³-hybridized carbons (Fsp3) is 0.333. The van der Waals surface area contributed by atoms with E-state index in [2.05, 4.69) is 15.5 Å². The second kappa shape index (κ2) is 7.14. The molecule has 0 radical (unpaired) electrons. The maximum absolute atomic E-state index is 14.2. The molecule has 1 amide bonds. The van der Waals surface area contributed by atoms with Crippen molar-refractivity contribution in [1.82, 2.24) is 15.6 Å². The van der Waals surface area contributed by atoms with Crippen LogP contribution in [-0.2, 0) is 6.42 Å². The highest BCUT2D eigenvalue weighted by molar-refractivity contribution is 7.22. The zero-order valence-corrected chi connectivity index (χ0v) is 16.2. The Bertz CT molecular complexity index is 1040. The summed E-state index contributed by atoms with van der Waals surface area (Å²) in [6.07, 6.45) is 1.53. The van der Waals surface area contributed by atoms with Crippen LogP contribution in [0.3, 0.4) is 0 Å². The van der Waals surface area contributed by atoms with Crippen LogP contribution in [0.2, 0.25) is 0 Å². The molecular formula is C21H21FN4OS. The Kier molecular flexibility index (Phi) is 4.49. The first-order valence-electron chi connectivity index (χ1n) is 9.63. The third-order valence-corrected chi connectivity index (χ3v) is 6.61. The van der Waals surface area contributed by atoms with E-state index in [1.165, 1.54) is 6.07 Å². The Morgan fingerprint density at radius 2 is 2.11 bits per heavy atom. The van der Waals surface area contributed by atoms with E-state index in [9.17, 15) is 9.18 Å². The Morgan fingerprint density at radius 3 is 2.96 bits per heavy atom. The van der Waals surface area contributed by atoms with Crippen LogP contribution in [0.4, 0.5) is 9.52 Å². The SMILES string of the molecule is O=C(N[C@H]1CCc2cccc(F)c21)c1ccc2nc(N3CCNCC3)sc2c1. The lowest BCUT2D eigenvalue weighted by Gasteiger charge is -2.26. The van der Waals surface area contributed by atoms with Gasteiger partial charge in [-0.05, 0) is 42.7 Å². The van der Waals surface area contributed by atoms with Crippen LogP contribution in [0.5, 0.6) is 0 Å². The lowest BCUT2D eigenvalue weighted by Crippen LogP contribution is -2.43. The van der Waals surface area contributed by atoms with Crippen molar-refractivity contribution in [3.63, 3.8) is 0 Å². The quantitative estimate of drug-likeness (QED) is 0.714. The molecule has 0 unspecified atom stereocenters. The molecule has 144 valence electrons. The minimum atomic E-state index is -0.266. The first-order chi connectivity index (χ1) is 13.7. The van der Waals surface area contributed by atoms with E-state index < -0.39 is 0 Å². The molecule has 7 heteroatoms. The molecule has 1 saturated heterocycles. The summed E-state index contributed by atoms with van der Waals surface area (Å²) in [6, 6.07) is 10.5. The van der Waals surface area contributed by atoms with Gasteiger partial charge in [0.15, 0.2) is 5.13 Å². The molecule has 2 aliphatic rings. The van der Waals surface area contributed by atoms with E-state index in [1.54, 1.807) is 23.5 Å². The number of thiazole rings is 1. The minimum absolute atomic E-state index is 0.167. The largest absolute Gasteiger partial charge is 0.346 e. The molecule has 2 aromatic carbocycles. The number of halogens is 1. The molecular weight excluding hydrogens is 375 g/mol. The molecule has 2 heterocycles. The monoisotopic (exact) mass is 396 g/mol. The van der Waals surface area contributed by atoms with Crippen molar-refractivity contribution in [2.24, 2.45) is 0 Å². The van der Waals surface area contributed by atoms with E-state index >= 15 is 0 Å². The Morgan fingerprint density at radius 1 is 1.25 bits per heavy atom. The van der Waals surface area contributed by atoms with Gasteiger partial charge in [-0.1, -0.05) is 23.5 Å². The standard InChI is InChI=1S/C21H21FN4OS/c22-15-3-1-2-13-4-7-17(19(13)15)24-20(27)14-5-6-16-18(12-14)28-21(25-16)26-10-8-23-9-11-26/h1-3,5-6,12,17,23H,4,7-11H2,(H,24,27)/t17-/m0/s1. The average molecular weight is 396 g/mol. The molecule has 5 rings (SSSR count). The van der Waals surface area contributed by atoms with Crippen molar-refractivity contribution in [3.8, 4) is 0 Å². The average Bonchev–Trinajstić information content (AvgIpc) is 3.33. The van der Waals surface area contributed by atoms with E-state index in [1.807, 2.05) is 18.2 Å². The lowest BCUT2D eigenvalue weighted by atomic mass is 10.1. The van der Waals surface area contributed by atoms with Gasteiger partial charge in [-0.2, -0.15) is 0 Å². The van der Waals surface area contributed by atoms with Gasteiger partial charge >= 0.3 is 0 Å². The third kappa shape index (κ3) is 3.14. The Balaban J connectivity index is 1.37. The second-order valence-electron chi connectivity index (χ2n) is 7.29. The molecule has 0 bridgehead atoms. The summed E-state index contributed by atoms with van der Waals surface area (Å²) in [7, 11) is 0. The number of carbonyl (C=O) groups is 1. The summed E-state index contributed by atoms with van der Waals surface area (Å²) < 4.78 is 15.2. The number of hydrogen-bond acceptors (Lipinski definition) is 5. The molecule has 1 fully saturated rings. The van der Waals surface area contributed by atoms with Gasteiger partial charge in [-0.15, -0.1) is 0 Å². The number of fused-ring (bicyclic) bond motifs is 2. The van der Waals surface area contributed by atoms with Crippen LogP contribution in [-0.4, -0.2) is 37.1 Å². The topological polar surface area (TPSA) is 57.3 Å². The summed E-state index contributed by atoms with van der Waals surface area (Å²) in [5.41, 5.74) is 3.12. The molecule has 1 aliphatic heterocycles. The van der Waals surface area contributed by atoms with Crippen LogP contribution in [0.15, 0.2) is 36.4 Å². The molecule has 5 nitrogen and oxygen atoms in total. The van der Waals surface area contributed by atoms with Crippen LogP contribution in [0, 0.1) is 5.82 Å². The zero-order valence-electron chi connectivity index (χ0n) is 15.4. The highest BCUT2D eigenvalue weighted by atomic mass is 32.1. The number of nitrogens with zero attached hydrogens (tertiary/aromatic N) is 2. The van der Waals surface area contributed by atoms with Gasteiger partial charge in [0.1, 0.15) is 5.82 Å². The first-order valence-corrected chi connectivity index (χ1v) is 10.4. The maximum atomic E-state index is 14.2. The maximum Gasteiger partial charge on any atom is 0.251 e. The Labute approximate surface area is 166 Å². The van der Waals surface area contributed by atoms with Crippen molar-refractivity contribution in [2.45, 2.75) is 18.9 Å². The highest BCUT2D eigenvalue weighted by Gasteiger charge is 2.27. The second-order valence-corrected chi connectivity index (χ2v) is 8.30. The molecule has 1 aliphatic carbocycles. The molecule has 1 atom stereocenters. The summed E-state index contributed by atoms with van der Waals surface area (Å²) >= 11 is 1.62. The molecule has 3 aromatic rings. The first kappa shape index (κ1) is 17.6. The predicted molar refractivity (Wildman–Crippen MR) is 110 cm³/mol. The summed E-state index contributed by atoms with van der Waals surface area (Å²) in [4.78, 5) is 19.8. The van der Waals surface area contributed by atoms with Crippen molar-refractivity contribution in [2.75, 3.05) is 31.1 Å². The number of carbonyl (C=O) groups excluding carboxylic acids is 1. The summed E-state index contributed by atoms with van der Waals surface area (Å²) in [6.45, 7) is 3.81. The molecule has 0 spiro atoms. The smallest absolute Gasteiger partial charge is 0.251 e. The van der Waals surface area contributed by atoms with Crippen LogP contribution >= 0.6 is 11.3 Å². The molecule has 2 N–H and O–H groups in total. The number of rotatable bonds is 3. The van der Waals surface area contributed by atoms with Crippen molar-refractivity contribution in [3.05, 3.63) is 58.9 Å². The molecule has 28 heavy (non-hydrogen) atoms. The summed E-state index contributed by atoms with van der Waals surface area (Å²) in [5.74, 6) is -0.404. The summed E-state index contributed by atoms with van der Waals surface area (Å²) in [5, 5.41) is 7.36. The Hall–Kier alpha value is -2.51. The number of piperazine rings is 1. The van der Waals surface area contributed by atoms with Crippen molar-refractivity contribution >= 4 is 32.6 Å². The number of aromatic nitrogens is 1. The van der Waals surface area contributed by atoms with Gasteiger partial charge in [0, 0.05) is 37.3 Å². The number of hydrogen-bond donors (Lipinski definition) is 2. The van der Waals surface area contributed by atoms with Gasteiger partial charge in [-0.3, -0.25) is 4.79 Å². The van der Waals surface area contributed by atoms with Gasteiger partial charge < -0.3 is 15.5 Å². The fourth-order valence-electron chi connectivity index (χ4n) is 4.07. The van der Waals surface area contributed by atoms with Crippen molar-refractivity contribution in [1.29, 1.82) is 0 Å². The number of anilines is 1. The fourth-order valence-corrected chi connectivity index (χ4v) is 5.12. The van der Waals surface area contributed by atoms with Gasteiger partial charge in [-0.25, -0.2) is 9.37 Å². The van der Waals surface area contributed by atoms with E-state index in [-0.39, 0.29) is 17.8 Å². The number of nitrogens with one attached hydrogen (secondary N) is 2. The zero-order chi connectivity index (χ0) is 19.1. The van der Waals surface area contributed by atoms with E-state index in [0.29, 0.717) is 11.1 Å². The normalized spacial score (nSPS) is 19.0. The van der Waals surface area contributed by atoms with Gasteiger partial charge in [0.05, 0.1) is 16.3 Å². The number of aryl methyl sites for hydroxylation is 1. The van der Waals surface area contributed by atoms with Crippen LogP contribution < -0.4 is 15.5 Å². The number of amides is 1.